The zero-order valence-electron chi connectivity index (χ0n) is 11.8. The molecule has 0 fully saturated rings. The molecule has 0 bridgehead atoms. The molecule has 2 nitrogen and oxygen atoms in total. The SMILES string of the molecule is CCCN(CCC)CCC(N)c1cccc(F)c1F. The minimum atomic E-state index is -0.827. The summed E-state index contributed by atoms with van der Waals surface area (Å²) < 4.78 is 26.7. The smallest absolute Gasteiger partial charge is 0.163 e. The molecule has 0 radical (unpaired) electrons. The van der Waals surface area contributed by atoms with E-state index in [0.717, 1.165) is 38.5 Å². The molecule has 1 atom stereocenters. The molecular formula is C15H24F2N2. The third kappa shape index (κ3) is 4.88. The van der Waals surface area contributed by atoms with Crippen molar-refractivity contribution >= 4 is 0 Å². The van der Waals surface area contributed by atoms with Gasteiger partial charge in [0.1, 0.15) is 0 Å². The van der Waals surface area contributed by atoms with Gasteiger partial charge in [-0.05, 0) is 45.0 Å². The topological polar surface area (TPSA) is 29.3 Å². The lowest BCUT2D eigenvalue weighted by atomic mass is 10.0. The molecule has 0 aromatic heterocycles. The van der Waals surface area contributed by atoms with Crippen molar-refractivity contribution < 1.29 is 8.78 Å². The number of nitrogens with zero attached hydrogens (tertiary/aromatic N) is 1. The maximum absolute atomic E-state index is 13.6. The molecule has 108 valence electrons. The van der Waals surface area contributed by atoms with E-state index in [0.29, 0.717) is 6.42 Å². The summed E-state index contributed by atoms with van der Waals surface area (Å²) in [5.74, 6) is -1.64. The lowest BCUT2D eigenvalue weighted by Crippen LogP contribution is -2.29. The molecule has 0 saturated carbocycles. The molecule has 2 N–H and O–H groups in total. The fourth-order valence-electron chi connectivity index (χ4n) is 2.25. The van der Waals surface area contributed by atoms with Crippen LogP contribution in [0, 0.1) is 11.6 Å². The van der Waals surface area contributed by atoms with Crippen LogP contribution in [0.3, 0.4) is 0 Å². The van der Waals surface area contributed by atoms with Crippen LogP contribution in [-0.4, -0.2) is 24.5 Å². The highest BCUT2D eigenvalue weighted by Crippen LogP contribution is 2.20. The number of hydrogen-bond acceptors (Lipinski definition) is 2. The first-order valence-electron chi connectivity index (χ1n) is 7.02. The Morgan fingerprint density at radius 2 is 1.74 bits per heavy atom. The second-order valence-electron chi connectivity index (χ2n) is 4.88. The fraction of sp³-hybridized carbons (Fsp3) is 0.600. The molecule has 0 spiro atoms. The average Bonchev–Trinajstić information content (AvgIpc) is 2.39. The Hall–Kier alpha value is -1.00. The maximum Gasteiger partial charge on any atom is 0.163 e. The molecule has 0 aliphatic carbocycles. The lowest BCUT2D eigenvalue weighted by Gasteiger charge is -2.23. The van der Waals surface area contributed by atoms with Gasteiger partial charge in [-0.25, -0.2) is 8.78 Å². The van der Waals surface area contributed by atoms with Crippen molar-refractivity contribution in [2.24, 2.45) is 5.73 Å². The summed E-state index contributed by atoms with van der Waals surface area (Å²) in [6, 6.07) is 3.73. The van der Waals surface area contributed by atoms with Crippen LogP contribution in [0.1, 0.15) is 44.7 Å². The van der Waals surface area contributed by atoms with Crippen molar-refractivity contribution in [2.75, 3.05) is 19.6 Å². The van der Waals surface area contributed by atoms with Crippen molar-refractivity contribution in [1.29, 1.82) is 0 Å². The summed E-state index contributed by atoms with van der Waals surface area (Å²) in [5.41, 5.74) is 6.24. The highest BCUT2D eigenvalue weighted by atomic mass is 19.2. The van der Waals surface area contributed by atoms with E-state index in [2.05, 4.69) is 18.7 Å². The van der Waals surface area contributed by atoms with E-state index in [1.54, 1.807) is 6.07 Å². The second kappa shape index (κ2) is 8.23. The van der Waals surface area contributed by atoms with Gasteiger partial charge in [-0.2, -0.15) is 0 Å². The Morgan fingerprint density at radius 1 is 1.11 bits per heavy atom. The van der Waals surface area contributed by atoms with E-state index in [-0.39, 0.29) is 5.56 Å². The summed E-state index contributed by atoms with van der Waals surface area (Å²) in [6.07, 6.45) is 2.81. The standard InChI is InChI=1S/C15H24F2N2/c1-3-9-19(10-4-2)11-8-14(18)12-6-5-7-13(16)15(12)17/h5-7,14H,3-4,8-11,18H2,1-2H3. The van der Waals surface area contributed by atoms with Crippen molar-refractivity contribution in [3.63, 3.8) is 0 Å². The number of benzene rings is 1. The van der Waals surface area contributed by atoms with Gasteiger partial charge in [0.05, 0.1) is 0 Å². The minimum Gasteiger partial charge on any atom is -0.324 e. The summed E-state index contributed by atoms with van der Waals surface area (Å²) in [5, 5.41) is 0. The van der Waals surface area contributed by atoms with Crippen molar-refractivity contribution in [1.82, 2.24) is 4.90 Å². The first-order valence-corrected chi connectivity index (χ1v) is 7.02. The van der Waals surface area contributed by atoms with Crippen LogP contribution in [0.2, 0.25) is 0 Å². The van der Waals surface area contributed by atoms with E-state index >= 15 is 0 Å². The Balaban J connectivity index is 2.58. The summed E-state index contributed by atoms with van der Waals surface area (Å²) in [7, 11) is 0. The van der Waals surface area contributed by atoms with Crippen LogP contribution in [0.4, 0.5) is 8.78 Å². The molecule has 0 aliphatic rings. The number of rotatable bonds is 8. The quantitative estimate of drug-likeness (QED) is 0.783. The van der Waals surface area contributed by atoms with Gasteiger partial charge < -0.3 is 10.6 Å². The first kappa shape index (κ1) is 16.1. The minimum absolute atomic E-state index is 0.271. The molecule has 0 saturated heterocycles. The van der Waals surface area contributed by atoms with Crippen molar-refractivity contribution in [2.45, 2.75) is 39.2 Å². The van der Waals surface area contributed by atoms with Gasteiger partial charge in [0.15, 0.2) is 11.6 Å². The third-order valence-corrected chi connectivity index (χ3v) is 3.22. The van der Waals surface area contributed by atoms with Crippen LogP contribution in [0.25, 0.3) is 0 Å². The van der Waals surface area contributed by atoms with Gasteiger partial charge >= 0.3 is 0 Å². The highest BCUT2D eigenvalue weighted by molar-refractivity contribution is 5.22. The van der Waals surface area contributed by atoms with E-state index < -0.39 is 17.7 Å². The Kier molecular flexibility index (Phi) is 6.95. The van der Waals surface area contributed by atoms with Gasteiger partial charge in [0, 0.05) is 11.6 Å². The maximum atomic E-state index is 13.6. The molecule has 0 aliphatic heterocycles. The molecule has 1 aromatic rings. The van der Waals surface area contributed by atoms with Gasteiger partial charge in [-0.15, -0.1) is 0 Å². The number of halogens is 2. The Labute approximate surface area is 114 Å². The normalized spacial score (nSPS) is 12.9. The van der Waals surface area contributed by atoms with Gasteiger partial charge in [-0.1, -0.05) is 26.0 Å². The van der Waals surface area contributed by atoms with E-state index in [1.165, 1.54) is 6.07 Å². The average molecular weight is 270 g/mol. The van der Waals surface area contributed by atoms with Crippen molar-refractivity contribution in [3.05, 3.63) is 35.4 Å². The first-order chi connectivity index (χ1) is 9.10. The third-order valence-electron chi connectivity index (χ3n) is 3.22. The van der Waals surface area contributed by atoms with Crippen LogP contribution >= 0.6 is 0 Å². The largest absolute Gasteiger partial charge is 0.324 e. The number of nitrogens with two attached hydrogens (primary N) is 1. The fourth-order valence-corrected chi connectivity index (χ4v) is 2.25. The molecule has 0 heterocycles. The second-order valence-corrected chi connectivity index (χ2v) is 4.88. The molecular weight excluding hydrogens is 246 g/mol. The summed E-state index contributed by atoms with van der Waals surface area (Å²) in [4.78, 5) is 2.32. The monoisotopic (exact) mass is 270 g/mol. The van der Waals surface area contributed by atoms with Crippen LogP contribution in [-0.2, 0) is 0 Å². The Bertz CT molecular complexity index is 376. The molecule has 1 unspecified atom stereocenters. The van der Waals surface area contributed by atoms with Crippen molar-refractivity contribution in [3.8, 4) is 0 Å². The van der Waals surface area contributed by atoms with Gasteiger partial charge in [0.2, 0.25) is 0 Å². The van der Waals surface area contributed by atoms with E-state index in [4.69, 9.17) is 5.73 Å². The highest BCUT2D eigenvalue weighted by Gasteiger charge is 2.15. The number of hydrogen-bond donors (Lipinski definition) is 1. The van der Waals surface area contributed by atoms with Crippen LogP contribution in [0.5, 0.6) is 0 Å². The summed E-state index contributed by atoms with van der Waals surface area (Å²) in [6.45, 7) is 7.13. The zero-order valence-corrected chi connectivity index (χ0v) is 11.8. The molecule has 1 rings (SSSR count). The van der Waals surface area contributed by atoms with E-state index in [9.17, 15) is 8.78 Å². The molecule has 4 heteroatoms. The van der Waals surface area contributed by atoms with Gasteiger partial charge in [0.25, 0.3) is 0 Å². The van der Waals surface area contributed by atoms with Gasteiger partial charge in [-0.3, -0.25) is 0 Å². The van der Waals surface area contributed by atoms with Crippen LogP contribution < -0.4 is 5.73 Å². The lowest BCUT2D eigenvalue weighted by molar-refractivity contribution is 0.263. The predicted octanol–water partition coefficient (Wildman–Crippen LogP) is 3.48. The van der Waals surface area contributed by atoms with Crippen LogP contribution in [0.15, 0.2) is 18.2 Å². The van der Waals surface area contributed by atoms with E-state index in [1.807, 2.05) is 0 Å². The predicted molar refractivity (Wildman–Crippen MR) is 74.9 cm³/mol. The molecule has 19 heavy (non-hydrogen) atoms. The summed E-state index contributed by atoms with van der Waals surface area (Å²) >= 11 is 0. The molecule has 0 amide bonds. The molecule has 1 aromatic carbocycles. The Morgan fingerprint density at radius 3 is 2.32 bits per heavy atom. The zero-order chi connectivity index (χ0) is 14.3.